The van der Waals surface area contributed by atoms with Gasteiger partial charge in [-0.1, -0.05) is 24.3 Å². The summed E-state index contributed by atoms with van der Waals surface area (Å²) < 4.78 is 13.8. The Bertz CT molecular complexity index is 1550. The number of pyridine rings is 2. The number of halogens is 1. The van der Waals surface area contributed by atoms with Gasteiger partial charge in [-0.3, -0.25) is 10.1 Å². The maximum atomic E-state index is 13.8. The molecule has 0 saturated carbocycles. The molecule has 4 aromatic heterocycles. The number of nitrogens with one attached hydrogen (secondary N) is 2. The molecule has 2 aromatic carbocycles. The zero-order valence-electron chi connectivity index (χ0n) is 16.2. The van der Waals surface area contributed by atoms with E-state index in [9.17, 15) is 4.39 Å². The molecule has 148 valence electrons. The maximum absolute atomic E-state index is 13.8. The third kappa shape index (κ3) is 2.95. The summed E-state index contributed by atoms with van der Waals surface area (Å²) in [4.78, 5) is 16.9. The number of hydrogen-bond donors (Lipinski definition) is 2. The van der Waals surface area contributed by atoms with Gasteiger partial charge in [0.25, 0.3) is 0 Å². The van der Waals surface area contributed by atoms with E-state index in [0.29, 0.717) is 22.7 Å². The lowest BCUT2D eigenvalue weighted by molar-refractivity contribution is 0.628. The van der Waals surface area contributed by atoms with Crippen molar-refractivity contribution < 1.29 is 4.39 Å². The molecule has 0 amide bonds. The van der Waals surface area contributed by atoms with Crippen LogP contribution in [0.15, 0.2) is 79.1 Å². The van der Waals surface area contributed by atoms with Crippen molar-refractivity contribution in [1.29, 1.82) is 0 Å². The van der Waals surface area contributed by atoms with Crippen molar-refractivity contribution in [3.63, 3.8) is 0 Å². The predicted molar refractivity (Wildman–Crippen MR) is 118 cm³/mol. The van der Waals surface area contributed by atoms with Gasteiger partial charge in [0.05, 0.1) is 11.2 Å². The predicted octanol–water partition coefficient (Wildman–Crippen LogP) is 5.37. The van der Waals surface area contributed by atoms with E-state index in [1.165, 1.54) is 12.1 Å². The molecule has 0 spiro atoms. The zero-order chi connectivity index (χ0) is 20.8. The monoisotopic (exact) mass is 406 g/mol. The fourth-order valence-corrected chi connectivity index (χ4v) is 3.80. The molecule has 6 nitrogen and oxygen atoms in total. The molecule has 0 aliphatic rings. The van der Waals surface area contributed by atoms with Crippen LogP contribution in [0.2, 0.25) is 0 Å². The second kappa shape index (κ2) is 6.84. The Morgan fingerprint density at radius 2 is 1.77 bits per heavy atom. The van der Waals surface area contributed by atoms with Crippen LogP contribution in [0, 0.1) is 5.82 Å². The molecule has 0 saturated heterocycles. The van der Waals surface area contributed by atoms with Crippen LogP contribution in [0.3, 0.4) is 0 Å². The smallest absolute Gasteiger partial charge is 0.160 e. The third-order valence-electron chi connectivity index (χ3n) is 5.27. The van der Waals surface area contributed by atoms with Crippen molar-refractivity contribution in [2.45, 2.75) is 0 Å². The van der Waals surface area contributed by atoms with E-state index in [-0.39, 0.29) is 5.82 Å². The molecule has 0 radical (unpaired) electrons. The van der Waals surface area contributed by atoms with Crippen LogP contribution in [0.4, 0.5) is 4.39 Å². The van der Waals surface area contributed by atoms with E-state index in [0.717, 1.165) is 33.3 Å². The van der Waals surface area contributed by atoms with Gasteiger partial charge in [-0.15, -0.1) is 0 Å². The quantitative estimate of drug-likeness (QED) is 0.414. The van der Waals surface area contributed by atoms with Gasteiger partial charge in [0, 0.05) is 28.9 Å². The molecule has 31 heavy (non-hydrogen) atoms. The van der Waals surface area contributed by atoms with Crippen LogP contribution in [-0.4, -0.2) is 30.1 Å². The normalized spacial score (nSPS) is 11.4. The average molecular weight is 406 g/mol. The van der Waals surface area contributed by atoms with E-state index >= 15 is 0 Å². The molecule has 6 aromatic rings. The van der Waals surface area contributed by atoms with Gasteiger partial charge in [0.15, 0.2) is 11.5 Å². The minimum atomic E-state index is -0.293. The molecule has 0 unspecified atom stereocenters. The fourth-order valence-electron chi connectivity index (χ4n) is 3.80. The van der Waals surface area contributed by atoms with Crippen molar-refractivity contribution >= 4 is 22.1 Å². The second-order valence-electron chi connectivity index (χ2n) is 7.20. The topological polar surface area (TPSA) is 83.1 Å². The standard InChI is InChI=1S/C24H15FN6/c25-16-5-3-4-14(12-16)17-9-11-27-23-21(17)28-24(29-23)22-18-13-15(7-8-20(18)30-31-22)19-6-1-2-10-26-19/h1-13H,(H,30,31)(H,27,28,29). The van der Waals surface area contributed by atoms with E-state index in [4.69, 9.17) is 4.98 Å². The Morgan fingerprint density at radius 1 is 0.806 bits per heavy atom. The van der Waals surface area contributed by atoms with E-state index in [1.807, 2.05) is 48.5 Å². The van der Waals surface area contributed by atoms with Crippen LogP contribution in [0.5, 0.6) is 0 Å². The summed E-state index contributed by atoms with van der Waals surface area (Å²) in [6.45, 7) is 0. The van der Waals surface area contributed by atoms with Gasteiger partial charge in [0.1, 0.15) is 17.0 Å². The number of aromatic amines is 2. The summed E-state index contributed by atoms with van der Waals surface area (Å²) in [5.74, 6) is 0.300. The van der Waals surface area contributed by atoms with E-state index < -0.39 is 0 Å². The molecular weight excluding hydrogens is 391 g/mol. The summed E-state index contributed by atoms with van der Waals surface area (Å²) in [6.07, 6.45) is 3.46. The number of benzene rings is 2. The largest absolute Gasteiger partial charge is 0.321 e. The van der Waals surface area contributed by atoms with Crippen LogP contribution in [-0.2, 0) is 0 Å². The summed E-state index contributed by atoms with van der Waals surface area (Å²) in [5, 5.41) is 8.47. The highest BCUT2D eigenvalue weighted by atomic mass is 19.1. The molecule has 0 aliphatic carbocycles. The summed E-state index contributed by atoms with van der Waals surface area (Å²) >= 11 is 0. The Balaban J connectivity index is 1.52. The van der Waals surface area contributed by atoms with E-state index in [2.05, 4.69) is 25.1 Å². The second-order valence-corrected chi connectivity index (χ2v) is 7.20. The minimum Gasteiger partial charge on any atom is -0.321 e. The Morgan fingerprint density at radius 3 is 2.65 bits per heavy atom. The summed E-state index contributed by atoms with van der Waals surface area (Å²) in [5.41, 5.74) is 6.30. The van der Waals surface area contributed by atoms with Crippen molar-refractivity contribution in [3.05, 3.63) is 84.9 Å². The van der Waals surface area contributed by atoms with Gasteiger partial charge in [-0.25, -0.2) is 14.4 Å². The SMILES string of the molecule is Fc1cccc(-c2ccnc3[nH]c(-c4n[nH]c5ccc(-c6ccccn6)cc45)nc23)c1. The highest BCUT2D eigenvalue weighted by Crippen LogP contribution is 2.32. The molecule has 7 heteroatoms. The molecule has 0 atom stereocenters. The number of hydrogen-bond acceptors (Lipinski definition) is 4. The number of rotatable bonds is 3. The number of H-pyrrole nitrogens is 2. The van der Waals surface area contributed by atoms with Crippen LogP contribution in [0.25, 0.3) is 56.0 Å². The van der Waals surface area contributed by atoms with Crippen LogP contribution < -0.4 is 0 Å². The van der Waals surface area contributed by atoms with Gasteiger partial charge < -0.3 is 4.98 Å². The van der Waals surface area contributed by atoms with Gasteiger partial charge in [-0.2, -0.15) is 5.10 Å². The zero-order valence-corrected chi connectivity index (χ0v) is 16.2. The first-order valence-electron chi connectivity index (χ1n) is 9.77. The molecule has 0 bridgehead atoms. The molecule has 2 N–H and O–H groups in total. The Hall–Kier alpha value is -4.39. The highest BCUT2D eigenvalue weighted by molar-refractivity contribution is 5.97. The van der Waals surface area contributed by atoms with Crippen LogP contribution in [0.1, 0.15) is 0 Å². The molecule has 0 fully saturated rings. The summed E-state index contributed by atoms with van der Waals surface area (Å²) in [7, 11) is 0. The lowest BCUT2D eigenvalue weighted by atomic mass is 10.1. The average Bonchev–Trinajstić information content (AvgIpc) is 3.43. The molecular formula is C24H15FN6. The first-order valence-corrected chi connectivity index (χ1v) is 9.77. The van der Waals surface area contributed by atoms with Crippen molar-refractivity contribution in [2.75, 3.05) is 0 Å². The van der Waals surface area contributed by atoms with E-state index in [1.54, 1.807) is 18.5 Å². The molecule has 6 rings (SSSR count). The maximum Gasteiger partial charge on any atom is 0.160 e. The number of fused-ring (bicyclic) bond motifs is 2. The highest BCUT2D eigenvalue weighted by Gasteiger charge is 2.16. The lowest BCUT2D eigenvalue weighted by Crippen LogP contribution is -1.84. The van der Waals surface area contributed by atoms with Gasteiger partial charge in [0.2, 0.25) is 0 Å². The number of imidazole rings is 1. The van der Waals surface area contributed by atoms with Gasteiger partial charge >= 0.3 is 0 Å². The van der Waals surface area contributed by atoms with Crippen molar-refractivity contribution in [3.8, 4) is 33.9 Å². The fraction of sp³-hybridized carbons (Fsp3) is 0. The first-order chi connectivity index (χ1) is 15.3. The van der Waals surface area contributed by atoms with Gasteiger partial charge in [-0.05, 0) is 48.0 Å². The third-order valence-corrected chi connectivity index (χ3v) is 5.27. The van der Waals surface area contributed by atoms with Crippen molar-refractivity contribution in [2.24, 2.45) is 0 Å². The Kier molecular flexibility index (Phi) is 3.86. The first kappa shape index (κ1) is 17.5. The molecule has 4 heterocycles. The summed E-state index contributed by atoms with van der Waals surface area (Å²) in [6, 6.07) is 20.2. The van der Waals surface area contributed by atoms with Crippen LogP contribution >= 0.6 is 0 Å². The van der Waals surface area contributed by atoms with Crippen molar-refractivity contribution in [1.82, 2.24) is 30.1 Å². The number of nitrogens with zero attached hydrogens (tertiary/aromatic N) is 4. The number of aromatic nitrogens is 6. The molecule has 0 aliphatic heterocycles. The minimum absolute atomic E-state index is 0.293. The Labute approximate surface area is 175 Å². The lowest BCUT2D eigenvalue weighted by Gasteiger charge is -2.02.